The van der Waals surface area contributed by atoms with Crippen LogP contribution in [-0.4, -0.2) is 16.7 Å². The molecule has 0 aliphatic heterocycles. The van der Waals surface area contributed by atoms with Crippen LogP contribution in [0.5, 0.6) is 0 Å². The van der Waals surface area contributed by atoms with Gasteiger partial charge in [-0.3, -0.25) is 4.79 Å². The summed E-state index contributed by atoms with van der Waals surface area (Å²) in [5, 5.41) is 5.97. The first kappa shape index (κ1) is 17.2. The van der Waals surface area contributed by atoms with Crippen LogP contribution in [0.4, 0.5) is 0 Å². The van der Waals surface area contributed by atoms with Crippen molar-refractivity contribution in [2.24, 2.45) is 5.10 Å². The minimum absolute atomic E-state index is 0.185. The Labute approximate surface area is 151 Å². The number of carbonyl (C=O) groups is 1. The number of nitrogens with zero attached hydrogens (tertiary/aromatic N) is 2. The molecule has 0 fully saturated rings. The van der Waals surface area contributed by atoms with Crippen molar-refractivity contribution >= 4 is 23.5 Å². The first-order valence-electron chi connectivity index (χ1n) is 8.25. The Kier molecular flexibility index (Phi) is 5.14. The second-order valence-electron chi connectivity index (χ2n) is 5.86. The van der Waals surface area contributed by atoms with Crippen molar-refractivity contribution in [2.45, 2.75) is 27.2 Å². The van der Waals surface area contributed by atoms with E-state index in [1.54, 1.807) is 12.3 Å². The van der Waals surface area contributed by atoms with Crippen LogP contribution in [0.2, 0.25) is 0 Å². The van der Waals surface area contributed by atoms with Gasteiger partial charge >= 0.3 is 0 Å². The largest absolute Gasteiger partial charge is 0.318 e. The zero-order valence-corrected chi connectivity index (χ0v) is 15.4. The fraction of sp³-hybridized carbons (Fsp3) is 0.200. The highest BCUT2D eigenvalue weighted by Crippen LogP contribution is 2.20. The molecule has 0 radical (unpaired) electrons. The van der Waals surface area contributed by atoms with E-state index >= 15 is 0 Å². The van der Waals surface area contributed by atoms with Gasteiger partial charge < -0.3 is 4.57 Å². The first-order chi connectivity index (χ1) is 12.1. The zero-order chi connectivity index (χ0) is 17.8. The summed E-state index contributed by atoms with van der Waals surface area (Å²) in [6.07, 6.45) is 2.73. The van der Waals surface area contributed by atoms with Gasteiger partial charge in [0.05, 0.1) is 11.1 Å². The Morgan fingerprint density at radius 3 is 2.64 bits per heavy atom. The first-order valence-corrected chi connectivity index (χ1v) is 9.13. The Balaban J connectivity index is 1.79. The van der Waals surface area contributed by atoms with Crippen molar-refractivity contribution < 1.29 is 4.79 Å². The van der Waals surface area contributed by atoms with E-state index in [2.05, 4.69) is 66.2 Å². The highest BCUT2D eigenvalue weighted by molar-refractivity contribution is 7.12. The van der Waals surface area contributed by atoms with Gasteiger partial charge in [0.25, 0.3) is 5.91 Å². The van der Waals surface area contributed by atoms with Gasteiger partial charge in [0.15, 0.2) is 0 Å². The van der Waals surface area contributed by atoms with E-state index < -0.39 is 0 Å². The Morgan fingerprint density at radius 2 is 2.00 bits per heavy atom. The van der Waals surface area contributed by atoms with E-state index in [4.69, 9.17) is 0 Å². The normalized spacial score (nSPS) is 11.2. The lowest BCUT2D eigenvalue weighted by Gasteiger charge is -2.10. The van der Waals surface area contributed by atoms with Crippen molar-refractivity contribution in [1.29, 1.82) is 0 Å². The summed E-state index contributed by atoms with van der Waals surface area (Å²) in [6, 6.07) is 14.3. The summed E-state index contributed by atoms with van der Waals surface area (Å²) < 4.78 is 2.20. The topological polar surface area (TPSA) is 46.4 Å². The highest BCUT2D eigenvalue weighted by atomic mass is 32.1. The van der Waals surface area contributed by atoms with Crippen LogP contribution in [0.25, 0.3) is 5.69 Å². The maximum Gasteiger partial charge on any atom is 0.281 e. The molecule has 128 valence electrons. The quantitative estimate of drug-likeness (QED) is 0.534. The number of amides is 1. The van der Waals surface area contributed by atoms with E-state index in [1.807, 2.05) is 11.4 Å². The molecule has 5 heteroatoms. The third-order valence-corrected chi connectivity index (χ3v) is 5.06. The molecular formula is C20H21N3OS. The average molecular weight is 351 g/mol. The summed E-state index contributed by atoms with van der Waals surface area (Å²) >= 11 is 1.40. The lowest BCUT2D eigenvalue weighted by molar-refractivity contribution is 0.0959. The molecule has 0 saturated carbocycles. The van der Waals surface area contributed by atoms with Gasteiger partial charge in [0.1, 0.15) is 0 Å². The summed E-state index contributed by atoms with van der Waals surface area (Å²) in [6.45, 7) is 6.28. The van der Waals surface area contributed by atoms with E-state index in [1.165, 1.54) is 16.9 Å². The number of carbonyl (C=O) groups excluding carboxylic acids is 1. The van der Waals surface area contributed by atoms with Crippen molar-refractivity contribution in [2.75, 3.05) is 0 Å². The number of benzene rings is 1. The lowest BCUT2D eigenvalue weighted by Crippen LogP contribution is -2.16. The van der Waals surface area contributed by atoms with Gasteiger partial charge in [-0.05, 0) is 55.5 Å². The molecule has 2 aromatic heterocycles. The molecule has 0 atom stereocenters. The molecule has 1 N–H and O–H groups in total. The van der Waals surface area contributed by atoms with Crippen LogP contribution in [-0.2, 0) is 6.42 Å². The van der Waals surface area contributed by atoms with Gasteiger partial charge in [-0.1, -0.05) is 25.1 Å². The molecule has 1 aromatic carbocycles. The van der Waals surface area contributed by atoms with Crippen molar-refractivity contribution in [1.82, 2.24) is 9.99 Å². The standard InChI is InChI=1S/C20H21N3OS/c1-4-16-7-9-18(10-8-16)23-14(2)12-17(15(23)3)13-21-22-20(24)19-6-5-11-25-19/h5-13H,4H2,1-3H3,(H,22,24)/b21-13+. The summed E-state index contributed by atoms with van der Waals surface area (Å²) in [5.74, 6) is -0.185. The summed E-state index contributed by atoms with van der Waals surface area (Å²) in [7, 11) is 0. The molecular weight excluding hydrogens is 330 g/mol. The second kappa shape index (κ2) is 7.49. The molecule has 0 unspecified atom stereocenters. The monoisotopic (exact) mass is 351 g/mol. The maximum atomic E-state index is 11.9. The molecule has 0 spiro atoms. The third-order valence-electron chi connectivity index (χ3n) is 4.19. The minimum atomic E-state index is -0.185. The SMILES string of the molecule is CCc1ccc(-n2c(C)cc(/C=N/NC(=O)c3cccs3)c2C)cc1. The van der Waals surface area contributed by atoms with E-state index in [0.29, 0.717) is 4.88 Å². The number of hydrogen-bond acceptors (Lipinski definition) is 3. The predicted molar refractivity (Wildman–Crippen MR) is 104 cm³/mol. The predicted octanol–water partition coefficient (Wildman–Crippen LogP) is 4.48. The number of aromatic nitrogens is 1. The van der Waals surface area contributed by atoms with Crippen LogP contribution in [0, 0.1) is 13.8 Å². The van der Waals surface area contributed by atoms with E-state index in [-0.39, 0.29) is 5.91 Å². The molecule has 3 aromatic rings. The van der Waals surface area contributed by atoms with Gasteiger partial charge in [-0.25, -0.2) is 5.43 Å². The Hall–Kier alpha value is -2.66. The average Bonchev–Trinajstić information content (AvgIpc) is 3.24. The molecule has 3 rings (SSSR count). The van der Waals surface area contributed by atoms with Crippen LogP contribution in [0.15, 0.2) is 52.9 Å². The van der Waals surface area contributed by atoms with Gasteiger partial charge in [0.2, 0.25) is 0 Å². The van der Waals surface area contributed by atoms with Crippen LogP contribution in [0.1, 0.15) is 39.1 Å². The fourth-order valence-electron chi connectivity index (χ4n) is 2.82. The summed E-state index contributed by atoms with van der Waals surface area (Å²) in [4.78, 5) is 12.6. The van der Waals surface area contributed by atoms with Crippen molar-refractivity contribution in [3.05, 3.63) is 75.2 Å². The molecule has 1 amide bonds. The molecule has 0 aliphatic carbocycles. The summed E-state index contributed by atoms with van der Waals surface area (Å²) in [5.41, 5.74) is 8.25. The number of aryl methyl sites for hydroxylation is 2. The number of hydrogen-bond donors (Lipinski definition) is 1. The third kappa shape index (κ3) is 3.72. The fourth-order valence-corrected chi connectivity index (χ4v) is 3.43. The Bertz CT molecular complexity index is 890. The van der Waals surface area contributed by atoms with Crippen molar-refractivity contribution in [3.63, 3.8) is 0 Å². The number of rotatable bonds is 5. The zero-order valence-electron chi connectivity index (χ0n) is 14.6. The molecule has 0 saturated heterocycles. The second-order valence-corrected chi connectivity index (χ2v) is 6.81. The number of nitrogens with one attached hydrogen (secondary N) is 1. The smallest absolute Gasteiger partial charge is 0.281 e. The van der Waals surface area contributed by atoms with Crippen molar-refractivity contribution in [3.8, 4) is 5.69 Å². The van der Waals surface area contributed by atoms with Crippen LogP contribution >= 0.6 is 11.3 Å². The van der Waals surface area contributed by atoms with E-state index in [9.17, 15) is 4.79 Å². The molecule has 25 heavy (non-hydrogen) atoms. The van der Waals surface area contributed by atoms with Gasteiger partial charge in [-0.15, -0.1) is 11.3 Å². The minimum Gasteiger partial charge on any atom is -0.318 e. The van der Waals surface area contributed by atoms with Crippen LogP contribution in [0.3, 0.4) is 0 Å². The lowest BCUT2D eigenvalue weighted by atomic mass is 10.1. The van der Waals surface area contributed by atoms with E-state index in [0.717, 1.165) is 29.1 Å². The van der Waals surface area contributed by atoms with Gasteiger partial charge in [-0.2, -0.15) is 5.10 Å². The van der Waals surface area contributed by atoms with Crippen LogP contribution < -0.4 is 5.43 Å². The molecule has 0 aliphatic rings. The molecule has 4 nitrogen and oxygen atoms in total. The number of hydrazone groups is 1. The Morgan fingerprint density at radius 1 is 1.24 bits per heavy atom. The van der Waals surface area contributed by atoms with Gasteiger partial charge in [0, 0.05) is 22.6 Å². The molecule has 0 bridgehead atoms. The highest BCUT2D eigenvalue weighted by Gasteiger charge is 2.10. The molecule has 2 heterocycles. The maximum absolute atomic E-state index is 11.9. The number of thiophene rings is 1.